The Balaban J connectivity index is 2.16. The standard InChI is InChI=1S/C9H12N4O4S/c14-13(15)9-2-1-8(6-11-9)18(16,17)12-7-3-4-10-5-7/h1-2,6-7,10,12H,3-5H2/t7-/m1/s1. The van der Waals surface area contributed by atoms with Crippen LogP contribution in [0.15, 0.2) is 23.2 Å². The van der Waals surface area contributed by atoms with Gasteiger partial charge in [0.05, 0.1) is 0 Å². The van der Waals surface area contributed by atoms with Crippen molar-refractivity contribution in [2.45, 2.75) is 17.4 Å². The highest BCUT2D eigenvalue weighted by molar-refractivity contribution is 7.89. The molecule has 0 amide bonds. The Kier molecular flexibility index (Phi) is 3.55. The molecule has 1 aliphatic heterocycles. The smallest absolute Gasteiger partial charge is 0.358 e. The van der Waals surface area contributed by atoms with E-state index < -0.39 is 14.9 Å². The first-order chi connectivity index (χ1) is 8.49. The summed E-state index contributed by atoms with van der Waals surface area (Å²) >= 11 is 0. The number of pyridine rings is 1. The van der Waals surface area contributed by atoms with Gasteiger partial charge in [0.25, 0.3) is 0 Å². The second-order valence-electron chi connectivity index (χ2n) is 3.92. The lowest BCUT2D eigenvalue weighted by Crippen LogP contribution is -2.36. The molecule has 98 valence electrons. The van der Waals surface area contributed by atoms with Crippen molar-refractivity contribution >= 4 is 15.8 Å². The van der Waals surface area contributed by atoms with Crippen molar-refractivity contribution < 1.29 is 13.3 Å². The van der Waals surface area contributed by atoms with E-state index in [4.69, 9.17) is 0 Å². The van der Waals surface area contributed by atoms with E-state index in [-0.39, 0.29) is 16.8 Å². The molecule has 18 heavy (non-hydrogen) atoms. The SMILES string of the molecule is O=[N+]([O-])c1ccc(S(=O)(=O)N[C@@H]2CCNC2)cn1. The highest BCUT2D eigenvalue weighted by atomic mass is 32.2. The number of sulfonamides is 1. The molecule has 0 aromatic carbocycles. The number of nitrogens with zero attached hydrogens (tertiary/aromatic N) is 2. The van der Waals surface area contributed by atoms with Gasteiger partial charge in [-0.1, -0.05) is 0 Å². The van der Waals surface area contributed by atoms with Crippen LogP contribution in [-0.4, -0.2) is 37.5 Å². The van der Waals surface area contributed by atoms with E-state index in [1.54, 1.807) is 0 Å². The van der Waals surface area contributed by atoms with Gasteiger partial charge in [-0.3, -0.25) is 0 Å². The summed E-state index contributed by atoms with van der Waals surface area (Å²) in [6.45, 7) is 1.35. The van der Waals surface area contributed by atoms with Gasteiger partial charge in [-0.2, -0.15) is 0 Å². The molecule has 0 saturated carbocycles. The molecule has 2 heterocycles. The fourth-order valence-electron chi connectivity index (χ4n) is 1.68. The van der Waals surface area contributed by atoms with Gasteiger partial charge in [-0.15, -0.1) is 0 Å². The van der Waals surface area contributed by atoms with Crippen molar-refractivity contribution in [2.24, 2.45) is 0 Å². The fourth-order valence-corrected chi connectivity index (χ4v) is 2.90. The van der Waals surface area contributed by atoms with Crippen LogP contribution in [-0.2, 0) is 10.0 Å². The number of hydrogen-bond acceptors (Lipinski definition) is 6. The minimum atomic E-state index is -3.66. The molecule has 1 fully saturated rings. The number of nitrogens with one attached hydrogen (secondary N) is 2. The Morgan fingerprint density at radius 1 is 1.50 bits per heavy atom. The molecule has 2 rings (SSSR count). The van der Waals surface area contributed by atoms with Gasteiger partial charge in [0.15, 0.2) is 6.20 Å². The molecule has 0 spiro atoms. The second-order valence-corrected chi connectivity index (χ2v) is 5.63. The maximum atomic E-state index is 11.9. The molecule has 1 aromatic heterocycles. The number of aromatic nitrogens is 1. The lowest BCUT2D eigenvalue weighted by atomic mass is 10.3. The monoisotopic (exact) mass is 272 g/mol. The molecule has 0 radical (unpaired) electrons. The van der Waals surface area contributed by atoms with Gasteiger partial charge in [0.2, 0.25) is 10.0 Å². The van der Waals surface area contributed by atoms with Gasteiger partial charge >= 0.3 is 5.82 Å². The summed E-state index contributed by atoms with van der Waals surface area (Å²) in [5.74, 6) is -0.378. The van der Waals surface area contributed by atoms with E-state index in [0.717, 1.165) is 25.2 Å². The zero-order chi connectivity index (χ0) is 13.2. The Hall–Kier alpha value is -1.58. The minimum Gasteiger partial charge on any atom is -0.358 e. The highest BCUT2D eigenvalue weighted by Gasteiger charge is 2.24. The molecule has 8 nitrogen and oxygen atoms in total. The van der Waals surface area contributed by atoms with Gasteiger partial charge in [0, 0.05) is 18.7 Å². The number of nitro groups is 1. The molecular formula is C9H12N4O4S. The van der Waals surface area contributed by atoms with Crippen LogP contribution in [0, 0.1) is 10.1 Å². The van der Waals surface area contributed by atoms with Crippen LogP contribution >= 0.6 is 0 Å². The zero-order valence-corrected chi connectivity index (χ0v) is 10.2. The quantitative estimate of drug-likeness (QED) is 0.571. The van der Waals surface area contributed by atoms with Crippen LogP contribution in [0.1, 0.15) is 6.42 Å². The molecule has 1 aliphatic rings. The van der Waals surface area contributed by atoms with Crippen molar-refractivity contribution in [3.8, 4) is 0 Å². The summed E-state index contributed by atoms with van der Waals surface area (Å²) in [6.07, 6.45) is 1.71. The molecule has 0 bridgehead atoms. The van der Waals surface area contributed by atoms with Crippen molar-refractivity contribution in [2.75, 3.05) is 13.1 Å². The number of hydrogen-bond donors (Lipinski definition) is 2. The Morgan fingerprint density at radius 2 is 2.28 bits per heavy atom. The van der Waals surface area contributed by atoms with Crippen LogP contribution in [0.2, 0.25) is 0 Å². The van der Waals surface area contributed by atoms with Crippen LogP contribution in [0.4, 0.5) is 5.82 Å². The maximum Gasteiger partial charge on any atom is 0.363 e. The normalized spacial score (nSPS) is 19.9. The van der Waals surface area contributed by atoms with Crippen molar-refractivity contribution in [1.82, 2.24) is 15.0 Å². The van der Waals surface area contributed by atoms with Crippen LogP contribution in [0.5, 0.6) is 0 Å². The first-order valence-electron chi connectivity index (χ1n) is 5.32. The predicted molar refractivity (Wildman–Crippen MR) is 62.5 cm³/mol. The lowest BCUT2D eigenvalue weighted by Gasteiger charge is -2.10. The molecule has 1 saturated heterocycles. The lowest BCUT2D eigenvalue weighted by molar-refractivity contribution is -0.389. The molecule has 1 aromatic rings. The summed E-state index contributed by atoms with van der Waals surface area (Å²) in [4.78, 5) is 13.2. The summed E-state index contributed by atoms with van der Waals surface area (Å²) in [7, 11) is -3.66. The van der Waals surface area contributed by atoms with E-state index >= 15 is 0 Å². The van der Waals surface area contributed by atoms with Gasteiger partial charge in [-0.05, 0) is 28.9 Å². The molecule has 0 unspecified atom stereocenters. The Labute approximate surface area is 104 Å². The third-order valence-corrected chi connectivity index (χ3v) is 4.11. The van der Waals surface area contributed by atoms with Gasteiger partial charge < -0.3 is 15.4 Å². The summed E-state index contributed by atoms with van der Waals surface area (Å²) < 4.78 is 26.4. The fraction of sp³-hybridized carbons (Fsp3) is 0.444. The molecule has 9 heteroatoms. The van der Waals surface area contributed by atoms with E-state index in [2.05, 4.69) is 15.0 Å². The zero-order valence-electron chi connectivity index (χ0n) is 9.37. The third kappa shape index (κ3) is 2.81. The molecule has 0 aliphatic carbocycles. The van der Waals surface area contributed by atoms with Crippen LogP contribution in [0.25, 0.3) is 0 Å². The van der Waals surface area contributed by atoms with Crippen molar-refractivity contribution in [1.29, 1.82) is 0 Å². The van der Waals surface area contributed by atoms with Gasteiger partial charge in [0.1, 0.15) is 4.90 Å². The molecular weight excluding hydrogens is 260 g/mol. The first kappa shape index (κ1) is 12.9. The van der Waals surface area contributed by atoms with E-state index in [0.29, 0.717) is 6.54 Å². The highest BCUT2D eigenvalue weighted by Crippen LogP contribution is 2.13. The third-order valence-electron chi connectivity index (χ3n) is 2.60. The van der Waals surface area contributed by atoms with E-state index in [9.17, 15) is 18.5 Å². The average molecular weight is 272 g/mol. The predicted octanol–water partition coefficient (Wildman–Crippen LogP) is -0.370. The van der Waals surface area contributed by atoms with Gasteiger partial charge in [-0.25, -0.2) is 13.1 Å². The van der Waals surface area contributed by atoms with E-state index in [1.165, 1.54) is 6.07 Å². The topological polar surface area (TPSA) is 114 Å². The van der Waals surface area contributed by atoms with E-state index in [1.807, 2.05) is 0 Å². The summed E-state index contributed by atoms with van der Waals surface area (Å²) in [6, 6.07) is 2.10. The molecule has 1 atom stereocenters. The maximum absolute atomic E-state index is 11.9. The Morgan fingerprint density at radius 3 is 2.78 bits per heavy atom. The van der Waals surface area contributed by atoms with Crippen molar-refractivity contribution in [3.05, 3.63) is 28.4 Å². The van der Waals surface area contributed by atoms with Crippen molar-refractivity contribution in [3.63, 3.8) is 0 Å². The minimum absolute atomic E-state index is 0.0694. The summed E-state index contributed by atoms with van der Waals surface area (Å²) in [5.41, 5.74) is 0. The summed E-state index contributed by atoms with van der Waals surface area (Å²) in [5, 5.41) is 13.4. The largest absolute Gasteiger partial charge is 0.363 e. The first-order valence-corrected chi connectivity index (χ1v) is 6.81. The van der Waals surface area contributed by atoms with Crippen LogP contribution < -0.4 is 10.0 Å². The van der Waals surface area contributed by atoms with Crippen LogP contribution in [0.3, 0.4) is 0 Å². The number of rotatable bonds is 4. The Bertz CT molecular complexity index is 536. The average Bonchev–Trinajstić information content (AvgIpc) is 2.81. The molecule has 2 N–H and O–H groups in total. The second kappa shape index (κ2) is 4.96.